The van der Waals surface area contributed by atoms with Crippen LogP contribution >= 0.6 is 0 Å². The topological polar surface area (TPSA) is 45.2 Å². The van der Waals surface area contributed by atoms with E-state index in [0.29, 0.717) is 0 Å². The summed E-state index contributed by atoms with van der Waals surface area (Å²) >= 11 is 0. The molecule has 2 rings (SSSR count). The van der Waals surface area contributed by atoms with Crippen molar-refractivity contribution < 1.29 is 4.79 Å². The van der Waals surface area contributed by atoms with Crippen molar-refractivity contribution in [2.24, 2.45) is 5.92 Å². The zero-order valence-corrected chi connectivity index (χ0v) is 10.4. The van der Waals surface area contributed by atoms with Crippen molar-refractivity contribution >= 4 is 11.6 Å². The summed E-state index contributed by atoms with van der Waals surface area (Å²) in [6.07, 6.45) is 3.62. The number of rotatable bonds is 2. The number of aryl methyl sites for hydroxylation is 1. The number of nitrogens with zero attached hydrogens (tertiary/aromatic N) is 2. The highest BCUT2D eigenvalue weighted by Crippen LogP contribution is 2.18. The molecular weight excluding hydrogens is 214 g/mol. The second-order valence-corrected chi connectivity index (χ2v) is 4.75. The lowest BCUT2D eigenvalue weighted by atomic mass is 9.96. The average Bonchev–Trinajstić information content (AvgIpc) is 2.29. The number of pyridine rings is 1. The quantitative estimate of drug-likeness (QED) is 0.845. The number of carbonyl (C=O) groups is 1. The third-order valence-electron chi connectivity index (χ3n) is 3.25. The third kappa shape index (κ3) is 3.27. The first-order valence-electron chi connectivity index (χ1n) is 6.07. The summed E-state index contributed by atoms with van der Waals surface area (Å²) < 4.78 is 0. The van der Waals surface area contributed by atoms with Crippen LogP contribution in [0, 0.1) is 12.8 Å². The van der Waals surface area contributed by atoms with Crippen molar-refractivity contribution in [2.75, 3.05) is 25.5 Å². The summed E-state index contributed by atoms with van der Waals surface area (Å²) in [5.41, 5.74) is 1.77. The minimum atomic E-state index is 0.142. The molecular formula is C13H19N3O. The summed E-state index contributed by atoms with van der Waals surface area (Å²) in [4.78, 5) is 18.4. The fourth-order valence-corrected chi connectivity index (χ4v) is 2.14. The highest BCUT2D eigenvalue weighted by atomic mass is 16.1. The molecule has 1 aliphatic heterocycles. The molecule has 1 aliphatic rings. The first-order chi connectivity index (χ1) is 8.15. The van der Waals surface area contributed by atoms with E-state index in [1.807, 2.05) is 19.1 Å². The SMILES string of the molecule is Cc1cc(NC(=O)C2CCN(C)CC2)ccn1. The van der Waals surface area contributed by atoms with Gasteiger partial charge in [0.15, 0.2) is 0 Å². The van der Waals surface area contributed by atoms with Gasteiger partial charge in [-0.25, -0.2) is 0 Å². The van der Waals surface area contributed by atoms with E-state index in [1.165, 1.54) is 0 Å². The second-order valence-electron chi connectivity index (χ2n) is 4.75. The Bertz CT molecular complexity index is 397. The van der Waals surface area contributed by atoms with Gasteiger partial charge < -0.3 is 10.2 Å². The van der Waals surface area contributed by atoms with Crippen LogP contribution in [0.25, 0.3) is 0 Å². The number of aromatic nitrogens is 1. The molecule has 92 valence electrons. The maximum absolute atomic E-state index is 12.0. The van der Waals surface area contributed by atoms with Gasteiger partial charge in [0, 0.05) is 23.5 Å². The summed E-state index contributed by atoms with van der Waals surface area (Å²) in [7, 11) is 2.10. The van der Waals surface area contributed by atoms with E-state index in [0.717, 1.165) is 37.3 Å². The Hall–Kier alpha value is -1.42. The largest absolute Gasteiger partial charge is 0.326 e. The standard InChI is InChI=1S/C13H19N3O/c1-10-9-12(3-6-14-10)15-13(17)11-4-7-16(2)8-5-11/h3,6,9,11H,4-5,7-8H2,1-2H3,(H,14,15,17). The van der Waals surface area contributed by atoms with Crippen LogP contribution in [-0.4, -0.2) is 35.9 Å². The first-order valence-corrected chi connectivity index (χ1v) is 6.07. The molecule has 0 spiro atoms. The molecule has 1 aromatic rings. The molecule has 1 amide bonds. The van der Waals surface area contributed by atoms with Gasteiger partial charge in [-0.1, -0.05) is 0 Å². The summed E-state index contributed by atoms with van der Waals surface area (Å²) in [5, 5.41) is 2.97. The lowest BCUT2D eigenvalue weighted by molar-refractivity contribution is -0.121. The predicted molar refractivity (Wildman–Crippen MR) is 67.8 cm³/mol. The highest BCUT2D eigenvalue weighted by molar-refractivity contribution is 5.92. The van der Waals surface area contributed by atoms with Gasteiger partial charge in [0.25, 0.3) is 0 Å². The molecule has 1 saturated heterocycles. The number of amides is 1. The number of anilines is 1. The van der Waals surface area contributed by atoms with Crippen LogP contribution in [0.3, 0.4) is 0 Å². The Morgan fingerprint density at radius 1 is 1.47 bits per heavy atom. The highest BCUT2D eigenvalue weighted by Gasteiger charge is 2.23. The van der Waals surface area contributed by atoms with Crippen LogP contribution in [0.1, 0.15) is 18.5 Å². The second kappa shape index (κ2) is 5.27. The number of piperidine rings is 1. The van der Waals surface area contributed by atoms with Gasteiger partial charge in [-0.3, -0.25) is 9.78 Å². The molecule has 0 aliphatic carbocycles. The van der Waals surface area contributed by atoms with Crippen molar-refractivity contribution in [3.63, 3.8) is 0 Å². The maximum atomic E-state index is 12.0. The van der Waals surface area contributed by atoms with Gasteiger partial charge >= 0.3 is 0 Å². The smallest absolute Gasteiger partial charge is 0.227 e. The van der Waals surface area contributed by atoms with E-state index < -0.39 is 0 Å². The van der Waals surface area contributed by atoms with Crippen molar-refractivity contribution in [1.82, 2.24) is 9.88 Å². The number of likely N-dealkylation sites (tertiary alicyclic amines) is 1. The molecule has 0 aromatic carbocycles. The number of hydrogen-bond acceptors (Lipinski definition) is 3. The maximum Gasteiger partial charge on any atom is 0.227 e. The van der Waals surface area contributed by atoms with Crippen molar-refractivity contribution in [3.05, 3.63) is 24.0 Å². The fraction of sp³-hybridized carbons (Fsp3) is 0.538. The van der Waals surface area contributed by atoms with E-state index in [2.05, 4.69) is 22.2 Å². The Kier molecular flexibility index (Phi) is 3.74. The summed E-state index contributed by atoms with van der Waals surface area (Å²) in [6, 6.07) is 3.73. The van der Waals surface area contributed by atoms with Gasteiger partial charge in [0.2, 0.25) is 5.91 Å². The number of carbonyl (C=O) groups excluding carboxylic acids is 1. The average molecular weight is 233 g/mol. The molecule has 1 fully saturated rings. The Morgan fingerprint density at radius 3 is 2.82 bits per heavy atom. The lowest BCUT2D eigenvalue weighted by Crippen LogP contribution is -2.35. The molecule has 1 N–H and O–H groups in total. The van der Waals surface area contributed by atoms with Crippen LogP contribution in [0.4, 0.5) is 5.69 Å². The van der Waals surface area contributed by atoms with Crippen LogP contribution in [0.2, 0.25) is 0 Å². The van der Waals surface area contributed by atoms with Crippen LogP contribution in [0.15, 0.2) is 18.3 Å². The van der Waals surface area contributed by atoms with E-state index in [-0.39, 0.29) is 11.8 Å². The molecule has 0 radical (unpaired) electrons. The Labute approximate surface area is 102 Å². The molecule has 0 unspecified atom stereocenters. The Balaban J connectivity index is 1.93. The van der Waals surface area contributed by atoms with Gasteiger partial charge in [-0.2, -0.15) is 0 Å². The zero-order valence-electron chi connectivity index (χ0n) is 10.4. The van der Waals surface area contributed by atoms with E-state index in [1.54, 1.807) is 6.20 Å². The minimum Gasteiger partial charge on any atom is -0.326 e. The van der Waals surface area contributed by atoms with Crippen LogP contribution in [0.5, 0.6) is 0 Å². The summed E-state index contributed by atoms with van der Waals surface area (Å²) in [6.45, 7) is 3.94. The third-order valence-corrected chi connectivity index (χ3v) is 3.25. The van der Waals surface area contributed by atoms with Crippen molar-refractivity contribution in [3.8, 4) is 0 Å². The monoisotopic (exact) mass is 233 g/mol. The van der Waals surface area contributed by atoms with Gasteiger partial charge in [-0.15, -0.1) is 0 Å². The molecule has 1 aromatic heterocycles. The van der Waals surface area contributed by atoms with Gasteiger partial charge in [0.05, 0.1) is 0 Å². The summed E-state index contributed by atoms with van der Waals surface area (Å²) in [5.74, 6) is 0.295. The van der Waals surface area contributed by atoms with Crippen molar-refractivity contribution in [1.29, 1.82) is 0 Å². The molecule has 2 heterocycles. The van der Waals surface area contributed by atoms with Gasteiger partial charge in [0.1, 0.15) is 0 Å². The Morgan fingerprint density at radius 2 is 2.18 bits per heavy atom. The van der Waals surface area contributed by atoms with Crippen LogP contribution < -0.4 is 5.32 Å². The predicted octanol–water partition coefficient (Wildman–Crippen LogP) is 1.67. The zero-order chi connectivity index (χ0) is 12.3. The molecule has 17 heavy (non-hydrogen) atoms. The van der Waals surface area contributed by atoms with E-state index in [9.17, 15) is 4.79 Å². The molecule has 4 heteroatoms. The molecule has 4 nitrogen and oxygen atoms in total. The first kappa shape index (κ1) is 12.0. The molecule has 0 atom stereocenters. The molecule has 0 bridgehead atoms. The lowest BCUT2D eigenvalue weighted by Gasteiger charge is -2.28. The van der Waals surface area contributed by atoms with Crippen LogP contribution in [-0.2, 0) is 4.79 Å². The minimum absolute atomic E-state index is 0.142. The molecule has 0 saturated carbocycles. The van der Waals surface area contributed by atoms with Crippen molar-refractivity contribution in [2.45, 2.75) is 19.8 Å². The number of hydrogen-bond donors (Lipinski definition) is 1. The number of nitrogens with one attached hydrogen (secondary N) is 1. The van der Waals surface area contributed by atoms with E-state index in [4.69, 9.17) is 0 Å². The van der Waals surface area contributed by atoms with Gasteiger partial charge in [-0.05, 0) is 52.0 Å². The fourth-order valence-electron chi connectivity index (χ4n) is 2.14. The normalized spacial score (nSPS) is 18.0. The van der Waals surface area contributed by atoms with E-state index >= 15 is 0 Å².